The van der Waals surface area contributed by atoms with Crippen molar-refractivity contribution in [1.29, 1.82) is 0 Å². The summed E-state index contributed by atoms with van der Waals surface area (Å²) >= 11 is 0. The van der Waals surface area contributed by atoms with Crippen molar-refractivity contribution in [1.82, 2.24) is 19.6 Å². The number of hydrogen-bond donors (Lipinski definition) is 2. The average molecular weight is 222 g/mol. The van der Waals surface area contributed by atoms with E-state index >= 15 is 0 Å². The number of H-pyrrole nitrogens is 1. The summed E-state index contributed by atoms with van der Waals surface area (Å²) < 4.78 is 1.33. The molecule has 2 atom stereocenters. The van der Waals surface area contributed by atoms with Gasteiger partial charge in [-0.25, -0.2) is 19.3 Å². The number of nitrogens with one attached hydrogen (secondary N) is 1. The van der Waals surface area contributed by atoms with Gasteiger partial charge in [-0.1, -0.05) is 13.8 Å². The minimum atomic E-state index is -0.430. The van der Waals surface area contributed by atoms with Crippen LogP contribution >= 0.6 is 0 Å². The van der Waals surface area contributed by atoms with Gasteiger partial charge in [0.2, 0.25) is 0 Å². The minimum absolute atomic E-state index is 0.0678. The molecule has 0 aliphatic heterocycles. The van der Waals surface area contributed by atoms with Crippen molar-refractivity contribution >= 4 is 5.65 Å². The second kappa shape index (κ2) is 4.05. The van der Waals surface area contributed by atoms with Crippen LogP contribution in [0.3, 0.4) is 0 Å². The predicted molar refractivity (Wildman–Crippen MR) is 58.3 cm³/mol. The Morgan fingerprint density at radius 2 is 2.38 bits per heavy atom. The molecule has 0 saturated carbocycles. The maximum Gasteiger partial charge on any atom is 0.348 e. The number of fused-ring (bicyclic) bond motifs is 1. The average Bonchev–Trinajstić information content (AvgIpc) is 2.68. The number of aliphatic hydroxyl groups excluding tert-OH is 1. The fraction of sp³-hybridized carbons (Fsp3) is 0.500. The van der Waals surface area contributed by atoms with Gasteiger partial charge in [-0.05, 0) is 6.42 Å². The van der Waals surface area contributed by atoms with Crippen molar-refractivity contribution in [2.24, 2.45) is 0 Å². The quantitative estimate of drug-likeness (QED) is 0.782. The Morgan fingerprint density at radius 1 is 1.62 bits per heavy atom. The third-order valence-electron chi connectivity index (χ3n) is 2.79. The summed E-state index contributed by atoms with van der Waals surface area (Å²) in [6, 6.07) is 1.71. The topological polar surface area (TPSA) is 83.3 Å². The summed E-state index contributed by atoms with van der Waals surface area (Å²) in [6.45, 7) is 3.82. The molecule has 0 radical (unpaired) electrons. The highest BCUT2D eigenvalue weighted by atomic mass is 16.3. The highest BCUT2D eigenvalue weighted by molar-refractivity contribution is 5.37. The molecule has 16 heavy (non-hydrogen) atoms. The normalized spacial score (nSPS) is 15.2. The van der Waals surface area contributed by atoms with Gasteiger partial charge in [0.15, 0.2) is 5.65 Å². The highest BCUT2D eigenvalue weighted by Gasteiger charge is 2.16. The first kappa shape index (κ1) is 10.8. The van der Waals surface area contributed by atoms with Crippen molar-refractivity contribution in [3.05, 3.63) is 28.6 Å². The van der Waals surface area contributed by atoms with Crippen LogP contribution in [0.5, 0.6) is 0 Å². The monoisotopic (exact) mass is 222 g/mol. The van der Waals surface area contributed by atoms with E-state index in [4.69, 9.17) is 0 Å². The van der Waals surface area contributed by atoms with E-state index in [0.717, 1.165) is 5.69 Å². The van der Waals surface area contributed by atoms with Crippen LogP contribution in [0.2, 0.25) is 0 Å². The van der Waals surface area contributed by atoms with Gasteiger partial charge in [0.05, 0.1) is 11.8 Å². The van der Waals surface area contributed by atoms with Crippen molar-refractivity contribution in [3.63, 3.8) is 0 Å². The molecule has 0 bridgehead atoms. The van der Waals surface area contributed by atoms with Gasteiger partial charge in [-0.2, -0.15) is 5.10 Å². The fourth-order valence-corrected chi connectivity index (χ4v) is 1.62. The fourth-order valence-electron chi connectivity index (χ4n) is 1.62. The second-order valence-corrected chi connectivity index (χ2v) is 3.84. The van der Waals surface area contributed by atoms with E-state index in [0.29, 0.717) is 12.1 Å². The molecule has 0 spiro atoms. The van der Waals surface area contributed by atoms with Crippen LogP contribution in [0.1, 0.15) is 31.9 Å². The lowest BCUT2D eigenvalue weighted by Crippen LogP contribution is -2.17. The molecule has 0 fully saturated rings. The molecule has 0 amide bonds. The van der Waals surface area contributed by atoms with Gasteiger partial charge in [0, 0.05) is 12.0 Å². The Bertz CT molecular complexity index is 545. The van der Waals surface area contributed by atoms with Gasteiger partial charge in [0.25, 0.3) is 0 Å². The van der Waals surface area contributed by atoms with Crippen molar-refractivity contribution in [2.45, 2.75) is 32.3 Å². The van der Waals surface area contributed by atoms with Crippen molar-refractivity contribution in [3.8, 4) is 0 Å². The van der Waals surface area contributed by atoms with E-state index in [1.165, 1.54) is 10.7 Å². The van der Waals surface area contributed by atoms with E-state index < -0.39 is 6.10 Å². The lowest BCUT2D eigenvalue weighted by Gasteiger charge is -2.16. The zero-order valence-electron chi connectivity index (χ0n) is 9.21. The molecule has 2 rings (SSSR count). The number of aliphatic hydroxyl groups is 1. The lowest BCUT2D eigenvalue weighted by molar-refractivity contribution is 0.143. The Kier molecular flexibility index (Phi) is 2.74. The molecule has 2 heterocycles. The lowest BCUT2D eigenvalue weighted by atomic mass is 9.99. The molecule has 86 valence electrons. The molecule has 0 saturated heterocycles. The van der Waals surface area contributed by atoms with Gasteiger partial charge in [0.1, 0.15) is 6.33 Å². The molecular weight excluding hydrogens is 208 g/mol. The summed E-state index contributed by atoms with van der Waals surface area (Å²) in [7, 11) is 0. The first-order valence-electron chi connectivity index (χ1n) is 5.24. The SMILES string of the molecule is CCC(O)C(C)c1cc2n[nH]c(=O)n2cn1. The Balaban J connectivity index is 2.43. The maximum atomic E-state index is 11.2. The molecule has 2 N–H and O–H groups in total. The third-order valence-corrected chi connectivity index (χ3v) is 2.79. The predicted octanol–water partition coefficient (Wildman–Crippen LogP) is 0.292. The number of aromatic amines is 1. The maximum absolute atomic E-state index is 11.2. The summed E-state index contributed by atoms with van der Waals surface area (Å²) in [5.41, 5.74) is 0.948. The zero-order chi connectivity index (χ0) is 11.7. The van der Waals surface area contributed by atoms with Crippen LogP contribution < -0.4 is 5.69 Å². The number of aromatic nitrogens is 4. The van der Waals surface area contributed by atoms with Crippen LogP contribution in [0, 0.1) is 0 Å². The Labute approximate surface area is 92.0 Å². The number of nitrogens with zero attached hydrogens (tertiary/aromatic N) is 3. The smallest absolute Gasteiger partial charge is 0.348 e. The molecule has 2 aromatic heterocycles. The Morgan fingerprint density at radius 3 is 3.06 bits per heavy atom. The molecular formula is C10H14N4O2. The van der Waals surface area contributed by atoms with Gasteiger partial charge < -0.3 is 5.11 Å². The van der Waals surface area contributed by atoms with Crippen LogP contribution in [0.25, 0.3) is 5.65 Å². The molecule has 0 aliphatic carbocycles. The molecule has 2 aromatic rings. The molecule has 0 aliphatic rings. The number of hydrogen-bond acceptors (Lipinski definition) is 4. The molecule has 0 aromatic carbocycles. The number of rotatable bonds is 3. The van der Waals surface area contributed by atoms with E-state index in [2.05, 4.69) is 15.2 Å². The van der Waals surface area contributed by atoms with Crippen LogP contribution in [-0.4, -0.2) is 30.8 Å². The summed E-state index contributed by atoms with van der Waals surface area (Å²) in [5.74, 6) is -0.0678. The summed E-state index contributed by atoms with van der Waals surface area (Å²) in [5, 5.41) is 15.9. The Hall–Kier alpha value is -1.69. The van der Waals surface area contributed by atoms with Crippen molar-refractivity contribution < 1.29 is 5.11 Å². The molecule has 6 heteroatoms. The third kappa shape index (κ3) is 1.71. The first-order valence-corrected chi connectivity index (χ1v) is 5.24. The first-order chi connectivity index (χ1) is 7.63. The van der Waals surface area contributed by atoms with E-state index in [1.807, 2.05) is 13.8 Å². The van der Waals surface area contributed by atoms with Gasteiger partial charge in [-0.15, -0.1) is 0 Å². The zero-order valence-corrected chi connectivity index (χ0v) is 9.21. The van der Waals surface area contributed by atoms with Crippen molar-refractivity contribution in [2.75, 3.05) is 0 Å². The van der Waals surface area contributed by atoms with E-state index in [1.54, 1.807) is 6.07 Å². The highest BCUT2D eigenvalue weighted by Crippen LogP contribution is 2.19. The van der Waals surface area contributed by atoms with E-state index in [-0.39, 0.29) is 11.6 Å². The molecule has 2 unspecified atom stereocenters. The standard InChI is InChI=1S/C10H14N4O2/c1-3-8(15)6(2)7-4-9-12-13-10(16)14(9)5-11-7/h4-6,8,15H,3H2,1-2H3,(H,13,16). The van der Waals surface area contributed by atoms with E-state index in [9.17, 15) is 9.90 Å². The molecule has 6 nitrogen and oxygen atoms in total. The van der Waals surface area contributed by atoms with Crippen LogP contribution in [0.15, 0.2) is 17.2 Å². The largest absolute Gasteiger partial charge is 0.392 e. The summed E-state index contributed by atoms with van der Waals surface area (Å²) in [6.07, 6.45) is 1.66. The van der Waals surface area contributed by atoms with Gasteiger partial charge in [-0.3, -0.25) is 0 Å². The second-order valence-electron chi connectivity index (χ2n) is 3.84. The summed E-state index contributed by atoms with van der Waals surface area (Å²) in [4.78, 5) is 15.4. The van der Waals surface area contributed by atoms with Crippen LogP contribution in [0.4, 0.5) is 0 Å². The van der Waals surface area contributed by atoms with Crippen LogP contribution in [-0.2, 0) is 0 Å². The van der Waals surface area contributed by atoms with Gasteiger partial charge >= 0.3 is 5.69 Å². The minimum Gasteiger partial charge on any atom is -0.392 e.